The summed E-state index contributed by atoms with van der Waals surface area (Å²) in [5, 5.41) is 19.7. The van der Waals surface area contributed by atoms with Gasteiger partial charge < -0.3 is 10.4 Å². The van der Waals surface area contributed by atoms with Gasteiger partial charge in [0.05, 0.1) is 17.4 Å². The number of pyridine rings is 1. The molecule has 4 rings (SSSR count). The first-order valence-electron chi connectivity index (χ1n) is 9.94. The molecule has 0 atom stereocenters. The lowest BCUT2D eigenvalue weighted by molar-refractivity contribution is -0.192. The van der Waals surface area contributed by atoms with Gasteiger partial charge in [-0.15, -0.1) is 0 Å². The molecular formula is C22H21F3N6O3. The fourth-order valence-electron chi connectivity index (χ4n) is 3.31. The Kier molecular flexibility index (Phi) is 6.99. The van der Waals surface area contributed by atoms with Gasteiger partial charge in [-0.2, -0.15) is 23.4 Å². The normalized spacial score (nSPS) is 11.1. The molecule has 1 aromatic carbocycles. The van der Waals surface area contributed by atoms with Gasteiger partial charge >= 0.3 is 12.1 Å². The number of nitrogens with one attached hydrogen (secondary N) is 1. The second kappa shape index (κ2) is 9.73. The van der Waals surface area contributed by atoms with E-state index in [9.17, 15) is 18.0 Å². The third-order valence-electron chi connectivity index (χ3n) is 4.90. The average molecular weight is 474 g/mol. The molecule has 0 bridgehead atoms. The third kappa shape index (κ3) is 5.57. The fraction of sp³-hybridized carbons (Fsp3) is 0.227. The summed E-state index contributed by atoms with van der Waals surface area (Å²) in [6.45, 7) is 4.10. The topological polar surface area (TPSA) is 115 Å². The molecule has 0 radical (unpaired) electrons. The van der Waals surface area contributed by atoms with E-state index in [1.165, 1.54) is 0 Å². The number of amides is 1. The molecule has 1 amide bonds. The summed E-state index contributed by atoms with van der Waals surface area (Å²) in [4.78, 5) is 25.7. The highest BCUT2D eigenvalue weighted by molar-refractivity contribution is 5.90. The molecule has 4 aromatic rings. The molecule has 0 aliphatic carbocycles. The molecule has 0 saturated carbocycles. The van der Waals surface area contributed by atoms with E-state index in [1.54, 1.807) is 34.9 Å². The summed E-state index contributed by atoms with van der Waals surface area (Å²) in [5.41, 5.74) is 4.93. The first kappa shape index (κ1) is 24.4. The number of aryl methyl sites for hydroxylation is 2. The summed E-state index contributed by atoms with van der Waals surface area (Å²) in [7, 11) is 1.78. The van der Waals surface area contributed by atoms with Crippen LogP contribution in [0, 0.1) is 13.8 Å². The number of nitrogens with zero attached hydrogens (tertiary/aromatic N) is 5. The van der Waals surface area contributed by atoms with E-state index in [-0.39, 0.29) is 12.5 Å². The Bertz CT molecular complexity index is 1340. The average Bonchev–Trinajstić information content (AvgIpc) is 3.29. The van der Waals surface area contributed by atoms with E-state index in [0.717, 1.165) is 33.4 Å². The van der Waals surface area contributed by atoms with Crippen LogP contribution in [0.3, 0.4) is 0 Å². The van der Waals surface area contributed by atoms with E-state index in [2.05, 4.69) is 26.6 Å². The first-order chi connectivity index (χ1) is 16.0. The van der Waals surface area contributed by atoms with E-state index in [0.29, 0.717) is 5.82 Å². The van der Waals surface area contributed by atoms with Gasteiger partial charge in [-0.1, -0.05) is 12.1 Å². The van der Waals surface area contributed by atoms with Crippen molar-refractivity contribution in [2.45, 2.75) is 26.6 Å². The summed E-state index contributed by atoms with van der Waals surface area (Å²) in [6.07, 6.45) is -1.65. The lowest BCUT2D eigenvalue weighted by Crippen LogP contribution is -2.21. The van der Waals surface area contributed by atoms with Gasteiger partial charge in [-0.25, -0.2) is 4.79 Å². The van der Waals surface area contributed by atoms with Crippen molar-refractivity contribution in [3.05, 3.63) is 60.2 Å². The van der Waals surface area contributed by atoms with Crippen LogP contribution in [0.1, 0.15) is 11.4 Å². The molecule has 178 valence electrons. The number of aromatic nitrogens is 5. The van der Waals surface area contributed by atoms with E-state index < -0.39 is 12.1 Å². The Morgan fingerprint density at radius 3 is 2.44 bits per heavy atom. The van der Waals surface area contributed by atoms with Crippen LogP contribution in [0.5, 0.6) is 0 Å². The molecule has 12 heteroatoms. The number of carboxylic acids is 1. The van der Waals surface area contributed by atoms with E-state index in [4.69, 9.17) is 9.90 Å². The molecule has 0 aliphatic rings. The highest BCUT2D eigenvalue weighted by Crippen LogP contribution is 2.29. The zero-order chi connectivity index (χ0) is 25.0. The van der Waals surface area contributed by atoms with Crippen LogP contribution in [0.25, 0.3) is 22.0 Å². The summed E-state index contributed by atoms with van der Waals surface area (Å²) < 4.78 is 35.1. The van der Waals surface area contributed by atoms with Crippen molar-refractivity contribution in [3.63, 3.8) is 0 Å². The number of anilines is 1. The minimum Gasteiger partial charge on any atom is -0.475 e. The number of benzene rings is 1. The van der Waals surface area contributed by atoms with Crippen LogP contribution in [0.2, 0.25) is 0 Å². The number of carbonyl (C=O) groups is 2. The van der Waals surface area contributed by atoms with E-state index >= 15 is 0 Å². The van der Waals surface area contributed by atoms with Crippen molar-refractivity contribution in [2.24, 2.45) is 7.05 Å². The lowest BCUT2D eigenvalue weighted by atomic mass is 10.0. The molecule has 3 aromatic heterocycles. The SMILES string of the molecule is Cc1nn(CC(=O)Nc2ccnn2C)c(C)c1-c1ccc2ncccc2c1.O=C(O)C(F)(F)F. The molecule has 0 saturated heterocycles. The Labute approximate surface area is 191 Å². The van der Waals surface area contributed by atoms with Crippen molar-refractivity contribution >= 4 is 28.6 Å². The van der Waals surface area contributed by atoms with E-state index in [1.807, 2.05) is 38.1 Å². The number of carboxylic acid groups (broad SMARTS) is 1. The van der Waals surface area contributed by atoms with Crippen LogP contribution in [0.4, 0.5) is 19.0 Å². The van der Waals surface area contributed by atoms with Crippen LogP contribution in [0.15, 0.2) is 48.8 Å². The largest absolute Gasteiger partial charge is 0.490 e. The quantitative estimate of drug-likeness (QED) is 0.466. The molecule has 0 unspecified atom stereocenters. The van der Waals surface area contributed by atoms with Crippen LogP contribution >= 0.6 is 0 Å². The summed E-state index contributed by atoms with van der Waals surface area (Å²) in [6, 6.07) is 11.9. The Hall–Kier alpha value is -4.22. The van der Waals surface area contributed by atoms with Crippen LogP contribution in [-0.2, 0) is 23.2 Å². The molecular weight excluding hydrogens is 453 g/mol. The molecule has 0 fully saturated rings. The predicted molar refractivity (Wildman–Crippen MR) is 118 cm³/mol. The van der Waals surface area contributed by atoms with Crippen LogP contribution < -0.4 is 5.32 Å². The van der Waals surface area contributed by atoms with Gasteiger partial charge in [0.15, 0.2) is 0 Å². The van der Waals surface area contributed by atoms with Crippen molar-refractivity contribution in [2.75, 3.05) is 5.32 Å². The van der Waals surface area contributed by atoms with Crippen molar-refractivity contribution in [1.29, 1.82) is 0 Å². The minimum atomic E-state index is -5.08. The molecule has 0 spiro atoms. The van der Waals surface area contributed by atoms with Crippen molar-refractivity contribution in [3.8, 4) is 11.1 Å². The maximum absolute atomic E-state index is 12.4. The van der Waals surface area contributed by atoms with Gasteiger partial charge in [0, 0.05) is 36.0 Å². The van der Waals surface area contributed by atoms with Gasteiger partial charge in [-0.3, -0.25) is 19.1 Å². The minimum absolute atomic E-state index is 0.140. The zero-order valence-corrected chi connectivity index (χ0v) is 18.5. The van der Waals surface area contributed by atoms with Gasteiger partial charge in [0.1, 0.15) is 12.4 Å². The van der Waals surface area contributed by atoms with Gasteiger partial charge in [0.2, 0.25) is 5.91 Å². The van der Waals surface area contributed by atoms with Crippen molar-refractivity contribution in [1.82, 2.24) is 24.5 Å². The summed E-state index contributed by atoms with van der Waals surface area (Å²) in [5.74, 6) is -2.24. The smallest absolute Gasteiger partial charge is 0.475 e. The lowest BCUT2D eigenvalue weighted by Gasteiger charge is -2.08. The number of fused-ring (bicyclic) bond motifs is 1. The molecule has 2 N–H and O–H groups in total. The molecule has 0 aliphatic heterocycles. The van der Waals surface area contributed by atoms with Gasteiger partial charge in [-0.05, 0) is 37.6 Å². The number of hydrogen-bond donors (Lipinski definition) is 2. The Morgan fingerprint density at radius 2 is 1.82 bits per heavy atom. The standard InChI is InChI=1S/C20H20N6O.C2HF3O2/c1-13-20(16-6-7-17-15(11-16)5-4-9-21-17)14(2)26(24-13)12-19(27)23-18-8-10-22-25(18)3;3-2(4,5)1(6)7/h4-11H,12H2,1-3H3,(H,23,27);(H,6,7). The Morgan fingerprint density at radius 1 is 1.12 bits per heavy atom. The molecule has 3 heterocycles. The number of halogens is 3. The molecule has 34 heavy (non-hydrogen) atoms. The maximum atomic E-state index is 12.4. The second-order valence-electron chi connectivity index (χ2n) is 7.31. The number of hydrogen-bond acceptors (Lipinski definition) is 5. The maximum Gasteiger partial charge on any atom is 0.490 e. The highest BCUT2D eigenvalue weighted by Gasteiger charge is 2.38. The van der Waals surface area contributed by atoms with Crippen LogP contribution in [-0.4, -0.2) is 47.7 Å². The number of alkyl halides is 3. The highest BCUT2D eigenvalue weighted by atomic mass is 19.4. The fourth-order valence-corrected chi connectivity index (χ4v) is 3.31. The number of carbonyl (C=O) groups excluding carboxylic acids is 1. The monoisotopic (exact) mass is 474 g/mol. The second-order valence-corrected chi connectivity index (χ2v) is 7.31. The zero-order valence-electron chi connectivity index (χ0n) is 18.5. The van der Waals surface area contributed by atoms with Crippen molar-refractivity contribution < 1.29 is 27.9 Å². The Balaban J connectivity index is 0.000000406. The number of rotatable bonds is 4. The first-order valence-corrected chi connectivity index (χ1v) is 9.94. The predicted octanol–water partition coefficient (Wildman–Crippen LogP) is 3.72. The third-order valence-corrected chi connectivity index (χ3v) is 4.90. The van der Waals surface area contributed by atoms with Gasteiger partial charge in [0.25, 0.3) is 0 Å². The summed E-state index contributed by atoms with van der Waals surface area (Å²) >= 11 is 0. The molecule has 9 nitrogen and oxygen atoms in total. The number of aliphatic carboxylic acids is 1.